The Balaban J connectivity index is 2.59. The van der Waals surface area contributed by atoms with Gasteiger partial charge in [-0.05, 0) is 19.1 Å². The zero-order valence-electron chi connectivity index (χ0n) is 7.33. The molecule has 0 aliphatic rings. The number of halogens is 1. The normalized spacial score (nSPS) is 12.2. The summed E-state index contributed by atoms with van der Waals surface area (Å²) in [6.07, 6.45) is 3.17. The highest BCUT2D eigenvalue weighted by molar-refractivity contribution is 6.18. The second-order valence-electron chi connectivity index (χ2n) is 2.76. The van der Waals surface area contributed by atoms with Gasteiger partial charge in [-0.2, -0.15) is 0 Å². The van der Waals surface area contributed by atoms with E-state index in [1.807, 2.05) is 6.92 Å². The predicted molar refractivity (Wildman–Crippen MR) is 51.9 cm³/mol. The summed E-state index contributed by atoms with van der Waals surface area (Å²) >= 11 is 5.56. The van der Waals surface area contributed by atoms with E-state index in [2.05, 4.69) is 10.3 Å². The fraction of sp³-hybridized carbons (Fsp3) is 0.333. The van der Waals surface area contributed by atoms with Gasteiger partial charge in [0.1, 0.15) is 0 Å². The van der Waals surface area contributed by atoms with Crippen LogP contribution in [0, 0.1) is 0 Å². The second kappa shape index (κ2) is 4.82. The van der Waals surface area contributed by atoms with Gasteiger partial charge >= 0.3 is 0 Å². The number of nitrogens with one attached hydrogen (secondary N) is 1. The molecule has 0 radical (unpaired) electrons. The molecule has 0 fully saturated rings. The van der Waals surface area contributed by atoms with Gasteiger partial charge in [-0.3, -0.25) is 9.78 Å². The van der Waals surface area contributed by atoms with Crippen LogP contribution in [0.15, 0.2) is 24.5 Å². The van der Waals surface area contributed by atoms with Crippen LogP contribution in [0.25, 0.3) is 0 Å². The average molecular weight is 199 g/mol. The van der Waals surface area contributed by atoms with Gasteiger partial charge in [0.15, 0.2) is 0 Å². The summed E-state index contributed by atoms with van der Waals surface area (Å²) in [5.74, 6) is 0.298. The van der Waals surface area contributed by atoms with E-state index in [4.69, 9.17) is 11.6 Å². The Morgan fingerprint density at radius 1 is 1.62 bits per heavy atom. The van der Waals surface area contributed by atoms with Crippen LogP contribution in [0.2, 0.25) is 0 Å². The molecule has 1 unspecified atom stereocenters. The monoisotopic (exact) mass is 198 g/mol. The van der Waals surface area contributed by atoms with Crippen LogP contribution in [0.5, 0.6) is 0 Å². The van der Waals surface area contributed by atoms with Crippen molar-refractivity contribution >= 4 is 17.5 Å². The minimum Gasteiger partial charge on any atom is -0.348 e. The number of hydrogen-bond acceptors (Lipinski definition) is 2. The molecular formula is C9H11ClN2O. The molecule has 1 rings (SSSR count). The van der Waals surface area contributed by atoms with Crippen LogP contribution >= 0.6 is 11.6 Å². The minimum atomic E-state index is -0.115. The molecule has 0 aromatic carbocycles. The maximum atomic E-state index is 11.4. The summed E-state index contributed by atoms with van der Waals surface area (Å²) in [6.45, 7) is 1.85. The number of pyridine rings is 1. The van der Waals surface area contributed by atoms with E-state index in [1.54, 1.807) is 24.5 Å². The number of carbonyl (C=O) groups is 1. The summed E-state index contributed by atoms with van der Waals surface area (Å²) in [4.78, 5) is 15.2. The maximum Gasteiger partial charge on any atom is 0.251 e. The van der Waals surface area contributed by atoms with Crippen molar-refractivity contribution in [2.24, 2.45) is 0 Å². The Kier molecular flexibility index (Phi) is 3.71. The lowest BCUT2D eigenvalue weighted by molar-refractivity contribution is 0.0943. The summed E-state index contributed by atoms with van der Waals surface area (Å²) < 4.78 is 0. The fourth-order valence-electron chi connectivity index (χ4n) is 0.849. The molecule has 4 heteroatoms. The molecule has 0 bridgehead atoms. The first-order valence-corrected chi connectivity index (χ1v) is 4.54. The third kappa shape index (κ3) is 3.03. The van der Waals surface area contributed by atoms with Crippen LogP contribution in [0.4, 0.5) is 0 Å². The molecule has 0 spiro atoms. The number of alkyl halides is 1. The van der Waals surface area contributed by atoms with Crippen molar-refractivity contribution in [1.82, 2.24) is 10.3 Å². The van der Waals surface area contributed by atoms with E-state index in [1.165, 1.54) is 0 Å². The smallest absolute Gasteiger partial charge is 0.251 e. The van der Waals surface area contributed by atoms with Crippen LogP contribution in [0.1, 0.15) is 17.3 Å². The predicted octanol–water partition coefficient (Wildman–Crippen LogP) is 1.44. The van der Waals surface area contributed by atoms with Crippen LogP contribution in [-0.4, -0.2) is 22.8 Å². The maximum absolute atomic E-state index is 11.4. The number of aromatic nitrogens is 1. The number of carbonyl (C=O) groups excluding carboxylic acids is 1. The third-order valence-corrected chi connectivity index (χ3v) is 2.01. The van der Waals surface area contributed by atoms with Crippen molar-refractivity contribution < 1.29 is 4.79 Å². The average Bonchev–Trinajstić information content (AvgIpc) is 2.19. The van der Waals surface area contributed by atoms with Gasteiger partial charge in [-0.15, -0.1) is 11.6 Å². The molecule has 1 amide bonds. The summed E-state index contributed by atoms with van der Waals surface area (Å²) in [6, 6.07) is 3.31. The minimum absolute atomic E-state index is 0.0117. The molecule has 13 heavy (non-hydrogen) atoms. The van der Waals surface area contributed by atoms with E-state index in [0.29, 0.717) is 11.4 Å². The van der Waals surface area contributed by atoms with E-state index in [0.717, 1.165) is 0 Å². The first-order chi connectivity index (χ1) is 6.24. The van der Waals surface area contributed by atoms with Crippen molar-refractivity contribution in [3.05, 3.63) is 30.1 Å². The van der Waals surface area contributed by atoms with E-state index >= 15 is 0 Å². The number of amides is 1. The van der Waals surface area contributed by atoms with Crippen molar-refractivity contribution in [2.45, 2.75) is 13.0 Å². The van der Waals surface area contributed by atoms with Gasteiger partial charge in [0.2, 0.25) is 0 Å². The van der Waals surface area contributed by atoms with Gasteiger partial charge in [0, 0.05) is 29.9 Å². The highest BCUT2D eigenvalue weighted by Crippen LogP contribution is 1.97. The van der Waals surface area contributed by atoms with E-state index in [9.17, 15) is 4.79 Å². The topological polar surface area (TPSA) is 42.0 Å². The summed E-state index contributed by atoms with van der Waals surface area (Å²) in [7, 11) is 0. The highest BCUT2D eigenvalue weighted by atomic mass is 35.5. The Bertz CT molecular complexity index is 276. The Morgan fingerprint density at radius 3 is 2.77 bits per heavy atom. The van der Waals surface area contributed by atoms with Gasteiger partial charge in [-0.1, -0.05) is 0 Å². The number of rotatable bonds is 3. The molecule has 0 aliphatic carbocycles. The zero-order valence-corrected chi connectivity index (χ0v) is 8.08. The quantitative estimate of drug-likeness (QED) is 0.747. The molecule has 1 heterocycles. The summed E-state index contributed by atoms with van der Waals surface area (Å²) in [5.41, 5.74) is 0.604. The van der Waals surface area contributed by atoms with Crippen molar-refractivity contribution in [2.75, 3.05) is 5.88 Å². The molecule has 3 nitrogen and oxygen atoms in total. The molecule has 1 atom stereocenters. The van der Waals surface area contributed by atoms with Crippen molar-refractivity contribution in [3.63, 3.8) is 0 Å². The van der Waals surface area contributed by atoms with Gasteiger partial charge in [0.05, 0.1) is 0 Å². The van der Waals surface area contributed by atoms with Crippen molar-refractivity contribution in [3.8, 4) is 0 Å². The van der Waals surface area contributed by atoms with Crippen LogP contribution in [0.3, 0.4) is 0 Å². The molecule has 1 N–H and O–H groups in total. The van der Waals surface area contributed by atoms with Gasteiger partial charge in [0.25, 0.3) is 5.91 Å². The largest absolute Gasteiger partial charge is 0.348 e. The Hall–Kier alpha value is -1.09. The second-order valence-corrected chi connectivity index (χ2v) is 3.07. The van der Waals surface area contributed by atoms with Crippen molar-refractivity contribution in [1.29, 1.82) is 0 Å². The summed E-state index contributed by atoms with van der Waals surface area (Å²) in [5, 5.41) is 2.75. The van der Waals surface area contributed by atoms with E-state index in [-0.39, 0.29) is 11.9 Å². The first kappa shape index (κ1) is 9.99. The number of hydrogen-bond donors (Lipinski definition) is 1. The SMILES string of the molecule is CC(CCl)NC(=O)c1ccncc1. The lowest BCUT2D eigenvalue weighted by atomic mass is 10.2. The van der Waals surface area contributed by atoms with Crippen LogP contribution in [-0.2, 0) is 0 Å². The first-order valence-electron chi connectivity index (χ1n) is 4.01. The molecular weight excluding hydrogens is 188 g/mol. The van der Waals surface area contributed by atoms with Gasteiger partial charge in [-0.25, -0.2) is 0 Å². The third-order valence-electron chi connectivity index (χ3n) is 1.55. The van der Waals surface area contributed by atoms with E-state index < -0.39 is 0 Å². The Morgan fingerprint density at radius 2 is 2.23 bits per heavy atom. The van der Waals surface area contributed by atoms with Gasteiger partial charge < -0.3 is 5.32 Å². The molecule has 70 valence electrons. The lowest BCUT2D eigenvalue weighted by Crippen LogP contribution is -2.33. The molecule has 0 aliphatic heterocycles. The number of nitrogens with zero attached hydrogens (tertiary/aromatic N) is 1. The molecule has 1 aromatic rings. The molecule has 1 aromatic heterocycles. The fourth-order valence-corrected chi connectivity index (χ4v) is 0.926. The highest BCUT2D eigenvalue weighted by Gasteiger charge is 2.07. The Labute approximate surface area is 82.1 Å². The lowest BCUT2D eigenvalue weighted by Gasteiger charge is -2.09. The molecule has 0 saturated heterocycles. The zero-order chi connectivity index (χ0) is 9.68. The molecule has 0 saturated carbocycles. The standard InChI is InChI=1S/C9H11ClN2O/c1-7(6-10)12-9(13)8-2-4-11-5-3-8/h2-5,7H,6H2,1H3,(H,12,13). The van der Waals surface area contributed by atoms with Crippen LogP contribution < -0.4 is 5.32 Å².